The molecule has 84 valence electrons. The summed E-state index contributed by atoms with van der Waals surface area (Å²) in [4.78, 5) is 22.0. The highest BCUT2D eigenvalue weighted by atomic mass is 32.2. The Morgan fingerprint density at radius 1 is 1.31 bits per heavy atom. The third-order valence-electron chi connectivity index (χ3n) is 2.23. The Kier molecular flexibility index (Phi) is 3.14. The maximum absolute atomic E-state index is 11.4. The molecule has 1 aromatic rings. The number of hydrogen-bond acceptors (Lipinski definition) is 4. The Morgan fingerprint density at radius 3 is 2.56 bits per heavy atom. The minimum Gasteiger partial charge on any atom is -0.488 e. The summed E-state index contributed by atoms with van der Waals surface area (Å²) in [5.74, 6) is -0.257. The van der Waals surface area contributed by atoms with Crippen molar-refractivity contribution in [3.63, 3.8) is 0 Å². The van der Waals surface area contributed by atoms with E-state index in [0.29, 0.717) is 5.75 Å². The summed E-state index contributed by atoms with van der Waals surface area (Å²) in [6.07, 6.45) is 0.0905. The van der Waals surface area contributed by atoms with Crippen LogP contribution in [0.1, 0.15) is 10.4 Å². The summed E-state index contributed by atoms with van der Waals surface area (Å²) in [6, 6.07) is 6.44. The topological polar surface area (TPSA) is 63.6 Å². The first-order valence-corrected chi connectivity index (χ1v) is 5.95. The maximum Gasteiger partial charge on any atom is 0.377 e. The molecule has 0 aliphatic carbocycles. The van der Waals surface area contributed by atoms with Gasteiger partial charge in [-0.25, -0.2) is 4.79 Å². The van der Waals surface area contributed by atoms with Gasteiger partial charge >= 0.3 is 5.97 Å². The summed E-state index contributed by atoms with van der Waals surface area (Å²) in [5, 5.41) is 8.66. The average molecular weight is 238 g/mol. The van der Waals surface area contributed by atoms with Crippen LogP contribution in [0.4, 0.5) is 0 Å². The molecule has 0 amide bonds. The van der Waals surface area contributed by atoms with Gasteiger partial charge in [0.25, 0.3) is 5.78 Å². The quantitative estimate of drug-likeness (QED) is 0.635. The Balaban J connectivity index is 2.22. The van der Waals surface area contributed by atoms with Crippen molar-refractivity contribution in [2.45, 2.75) is 6.10 Å². The van der Waals surface area contributed by atoms with E-state index >= 15 is 0 Å². The van der Waals surface area contributed by atoms with Crippen molar-refractivity contribution >= 4 is 23.5 Å². The highest BCUT2D eigenvalue weighted by Gasteiger charge is 2.24. The van der Waals surface area contributed by atoms with Crippen LogP contribution in [0.3, 0.4) is 0 Å². The molecule has 5 heteroatoms. The van der Waals surface area contributed by atoms with E-state index in [1.165, 1.54) is 6.07 Å². The van der Waals surface area contributed by atoms with Crippen LogP contribution in [-0.4, -0.2) is 34.5 Å². The standard InChI is InChI=1S/C11H10O4S/c12-10(11(13)14)8-3-1-2-4-9(8)15-7-5-16-6-7/h1-4,7H,5-6H2,(H,13,14). The molecule has 1 saturated heterocycles. The molecule has 2 rings (SSSR count). The number of thioether (sulfide) groups is 1. The smallest absolute Gasteiger partial charge is 0.377 e. The zero-order valence-corrected chi connectivity index (χ0v) is 9.20. The number of carbonyl (C=O) groups is 2. The van der Waals surface area contributed by atoms with Crippen molar-refractivity contribution in [1.82, 2.24) is 0 Å². The van der Waals surface area contributed by atoms with Crippen LogP contribution in [0.2, 0.25) is 0 Å². The Hall–Kier alpha value is -1.49. The Labute approximate surface area is 96.6 Å². The van der Waals surface area contributed by atoms with Crippen LogP contribution < -0.4 is 4.74 Å². The number of ketones is 1. The number of ether oxygens (including phenoxy) is 1. The first kappa shape index (κ1) is 11.0. The molecule has 0 spiro atoms. The highest BCUT2D eigenvalue weighted by Crippen LogP contribution is 2.26. The Morgan fingerprint density at radius 2 is 2.00 bits per heavy atom. The van der Waals surface area contributed by atoms with E-state index in [-0.39, 0.29) is 11.7 Å². The van der Waals surface area contributed by atoms with E-state index in [1.807, 2.05) is 0 Å². The van der Waals surface area contributed by atoms with E-state index in [1.54, 1.807) is 30.0 Å². The number of Topliss-reactive ketones (excluding diaryl/α,β-unsaturated/α-hetero) is 1. The van der Waals surface area contributed by atoms with Crippen LogP contribution in [-0.2, 0) is 4.79 Å². The van der Waals surface area contributed by atoms with Gasteiger partial charge in [-0.3, -0.25) is 4.79 Å². The lowest BCUT2D eigenvalue weighted by Crippen LogP contribution is -2.31. The monoisotopic (exact) mass is 238 g/mol. The number of carboxylic acids is 1. The van der Waals surface area contributed by atoms with Crippen molar-refractivity contribution in [3.05, 3.63) is 29.8 Å². The molecular formula is C11H10O4S. The van der Waals surface area contributed by atoms with Gasteiger partial charge in [-0.05, 0) is 12.1 Å². The molecular weight excluding hydrogens is 228 g/mol. The van der Waals surface area contributed by atoms with E-state index in [0.717, 1.165) is 11.5 Å². The second-order valence-electron chi connectivity index (χ2n) is 3.41. The number of benzene rings is 1. The van der Waals surface area contributed by atoms with Crippen LogP contribution >= 0.6 is 11.8 Å². The SMILES string of the molecule is O=C(O)C(=O)c1ccccc1OC1CSC1. The summed E-state index contributed by atoms with van der Waals surface area (Å²) in [6.45, 7) is 0. The first-order chi connectivity index (χ1) is 7.68. The van der Waals surface area contributed by atoms with Gasteiger partial charge in [0.15, 0.2) is 0 Å². The molecule has 0 aromatic heterocycles. The summed E-state index contributed by atoms with van der Waals surface area (Å²) in [5.41, 5.74) is 0.118. The van der Waals surface area contributed by atoms with Gasteiger partial charge in [0.05, 0.1) is 5.56 Å². The largest absolute Gasteiger partial charge is 0.488 e. The predicted octanol–water partition coefficient (Wildman–Crippen LogP) is 1.45. The van der Waals surface area contributed by atoms with E-state index in [2.05, 4.69) is 0 Å². The van der Waals surface area contributed by atoms with Gasteiger partial charge in [0.2, 0.25) is 0 Å². The molecule has 1 aliphatic heterocycles. The number of carbonyl (C=O) groups excluding carboxylic acids is 1. The summed E-state index contributed by atoms with van der Waals surface area (Å²) >= 11 is 1.76. The lowest BCUT2D eigenvalue weighted by molar-refractivity contribution is -0.131. The minimum absolute atomic E-state index is 0.0905. The number of hydrogen-bond donors (Lipinski definition) is 1. The Bertz CT molecular complexity index is 426. The molecule has 1 aliphatic rings. The average Bonchev–Trinajstić information content (AvgIpc) is 2.23. The van der Waals surface area contributed by atoms with Crippen LogP contribution in [0.25, 0.3) is 0 Å². The van der Waals surface area contributed by atoms with E-state index in [4.69, 9.17) is 9.84 Å². The fourth-order valence-corrected chi connectivity index (χ4v) is 1.90. The van der Waals surface area contributed by atoms with Gasteiger partial charge in [-0.15, -0.1) is 0 Å². The normalized spacial score (nSPS) is 15.2. The van der Waals surface area contributed by atoms with Crippen molar-refractivity contribution in [3.8, 4) is 5.75 Å². The minimum atomic E-state index is -1.46. The lowest BCUT2D eigenvalue weighted by atomic mass is 10.1. The molecule has 0 atom stereocenters. The van der Waals surface area contributed by atoms with Crippen LogP contribution in [0.5, 0.6) is 5.75 Å². The molecule has 0 bridgehead atoms. The van der Waals surface area contributed by atoms with E-state index < -0.39 is 11.8 Å². The molecule has 1 heterocycles. The molecule has 0 radical (unpaired) electrons. The second kappa shape index (κ2) is 4.57. The fraction of sp³-hybridized carbons (Fsp3) is 0.273. The van der Waals surface area contributed by atoms with Gasteiger partial charge in [-0.2, -0.15) is 11.8 Å². The molecule has 1 fully saturated rings. The fourth-order valence-electron chi connectivity index (χ4n) is 1.33. The van der Waals surface area contributed by atoms with Crippen molar-refractivity contribution in [1.29, 1.82) is 0 Å². The second-order valence-corrected chi connectivity index (χ2v) is 4.48. The third kappa shape index (κ3) is 2.19. The number of aliphatic carboxylic acids is 1. The van der Waals surface area contributed by atoms with Crippen molar-refractivity contribution in [2.24, 2.45) is 0 Å². The van der Waals surface area contributed by atoms with Crippen molar-refractivity contribution in [2.75, 3.05) is 11.5 Å². The zero-order chi connectivity index (χ0) is 11.5. The summed E-state index contributed by atoms with van der Waals surface area (Å²) < 4.78 is 5.55. The van der Waals surface area contributed by atoms with Crippen LogP contribution in [0, 0.1) is 0 Å². The van der Waals surface area contributed by atoms with Gasteiger partial charge in [0, 0.05) is 11.5 Å². The highest BCUT2D eigenvalue weighted by molar-refractivity contribution is 8.00. The third-order valence-corrected chi connectivity index (χ3v) is 3.44. The van der Waals surface area contributed by atoms with Crippen molar-refractivity contribution < 1.29 is 19.4 Å². The number of carboxylic acid groups (broad SMARTS) is 1. The van der Waals surface area contributed by atoms with Gasteiger partial charge in [0.1, 0.15) is 11.9 Å². The van der Waals surface area contributed by atoms with Gasteiger partial charge < -0.3 is 9.84 Å². The molecule has 0 saturated carbocycles. The number of rotatable bonds is 4. The molecule has 1 aromatic carbocycles. The number of para-hydroxylation sites is 1. The lowest BCUT2D eigenvalue weighted by Gasteiger charge is -2.26. The van der Waals surface area contributed by atoms with E-state index in [9.17, 15) is 9.59 Å². The molecule has 1 N–H and O–H groups in total. The first-order valence-electron chi connectivity index (χ1n) is 4.79. The molecule has 4 nitrogen and oxygen atoms in total. The maximum atomic E-state index is 11.4. The molecule has 0 unspecified atom stereocenters. The molecule has 16 heavy (non-hydrogen) atoms. The predicted molar refractivity (Wildman–Crippen MR) is 60.1 cm³/mol. The van der Waals surface area contributed by atoms with Crippen LogP contribution in [0.15, 0.2) is 24.3 Å². The van der Waals surface area contributed by atoms with Gasteiger partial charge in [-0.1, -0.05) is 12.1 Å². The zero-order valence-electron chi connectivity index (χ0n) is 8.38. The summed E-state index contributed by atoms with van der Waals surface area (Å²) in [7, 11) is 0.